The van der Waals surface area contributed by atoms with E-state index in [-0.39, 0.29) is 17.8 Å². The minimum atomic E-state index is -0.109. The number of carbonyl (C=O) groups is 2. The summed E-state index contributed by atoms with van der Waals surface area (Å²) >= 11 is 0. The number of benzene rings is 1. The van der Waals surface area contributed by atoms with Crippen LogP contribution >= 0.6 is 0 Å². The molecule has 1 N–H and O–H groups in total. The van der Waals surface area contributed by atoms with E-state index in [1.54, 1.807) is 0 Å². The lowest BCUT2D eigenvalue weighted by Gasteiger charge is -2.31. The molecule has 0 unspecified atom stereocenters. The number of aryl methyl sites for hydroxylation is 2. The maximum Gasteiger partial charge on any atom is 0.310 e. The van der Waals surface area contributed by atoms with Crippen LogP contribution in [0.1, 0.15) is 37.3 Å². The smallest absolute Gasteiger partial charge is 0.310 e. The van der Waals surface area contributed by atoms with Crippen molar-refractivity contribution in [3.63, 3.8) is 0 Å². The lowest BCUT2D eigenvalue weighted by Crippen LogP contribution is -2.40. The third-order valence-electron chi connectivity index (χ3n) is 4.57. The zero-order valence-corrected chi connectivity index (χ0v) is 14.9. The van der Waals surface area contributed by atoms with Crippen molar-refractivity contribution in [2.45, 2.75) is 40.0 Å². The number of esters is 1. The van der Waals surface area contributed by atoms with Crippen molar-refractivity contribution in [1.29, 1.82) is 0 Å². The van der Waals surface area contributed by atoms with E-state index < -0.39 is 0 Å². The number of piperidine rings is 1. The molecule has 24 heavy (non-hydrogen) atoms. The Morgan fingerprint density at radius 3 is 2.79 bits per heavy atom. The van der Waals surface area contributed by atoms with Crippen LogP contribution in [0.3, 0.4) is 0 Å². The van der Waals surface area contributed by atoms with Gasteiger partial charge in [0.1, 0.15) is 0 Å². The molecule has 1 amide bonds. The second-order valence-corrected chi connectivity index (χ2v) is 6.49. The molecular weight excluding hydrogens is 304 g/mol. The van der Waals surface area contributed by atoms with Crippen molar-refractivity contribution in [2.75, 3.05) is 31.6 Å². The van der Waals surface area contributed by atoms with E-state index in [1.807, 2.05) is 32.0 Å². The molecule has 0 radical (unpaired) electrons. The van der Waals surface area contributed by atoms with Crippen molar-refractivity contribution >= 4 is 17.6 Å². The van der Waals surface area contributed by atoms with Gasteiger partial charge in [-0.05, 0) is 63.4 Å². The van der Waals surface area contributed by atoms with Crippen LogP contribution in [0.25, 0.3) is 0 Å². The van der Waals surface area contributed by atoms with Gasteiger partial charge in [-0.15, -0.1) is 0 Å². The van der Waals surface area contributed by atoms with E-state index in [9.17, 15) is 9.59 Å². The van der Waals surface area contributed by atoms with Crippen LogP contribution in [0.4, 0.5) is 5.69 Å². The third kappa shape index (κ3) is 5.34. The van der Waals surface area contributed by atoms with Crippen LogP contribution in [0.15, 0.2) is 18.2 Å². The molecule has 0 saturated carbocycles. The summed E-state index contributed by atoms with van der Waals surface area (Å²) in [4.78, 5) is 26.2. The van der Waals surface area contributed by atoms with E-state index in [4.69, 9.17) is 4.74 Å². The molecule has 2 rings (SSSR count). The molecule has 1 aromatic carbocycles. The molecule has 1 aliphatic rings. The van der Waals surface area contributed by atoms with Gasteiger partial charge in [-0.1, -0.05) is 6.07 Å². The molecule has 1 aliphatic heterocycles. The van der Waals surface area contributed by atoms with Gasteiger partial charge < -0.3 is 15.0 Å². The van der Waals surface area contributed by atoms with Crippen LogP contribution in [-0.4, -0.2) is 43.0 Å². The predicted molar refractivity (Wildman–Crippen MR) is 95.0 cm³/mol. The number of amides is 1. The third-order valence-corrected chi connectivity index (χ3v) is 4.57. The monoisotopic (exact) mass is 332 g/mol. The van der Waals surface area contributed by atoms with Crippen LogP contribution in [-0.2, 0) is 14.3 Å². The molecule has 1 aromatic rings. The summed E-state index contributed by atoms with van der Waals surface area (Å²) in [5, 5.41) is 2.95. The Bertz CT molecular complexity index is 586. The standard InChI is InChI=1S/C19H28N2O3/c1-4-24-19(23)16-6-5-10-21(13-16)11-9-18(22)20-17-8-7-14(2)15(3)12-17/h7-8,12,16H,4-6,9-11,13H2,1-3H3,(H,20,22)/t16-/m1/s1. The van der Waals surface area contributed by atoms with E-state index in [0.29, 0.717) is 26.1 Å². The molecule has 0 aromatic heterocycles. The fourth-order valence-electron chi connectivity index (χ4n) is 3.01. The van der Waals surface area contributed by atoms with E-state index in [0.717, 1.165) is 25.1 Å². The van der Waals surface area contributed by atoms with Crippen LogP contribution < -0.4 is 5.32 Å². The SMILES string of the molecule is CCOC(=O)[C@@H]1CCCN(CCC(=O)Nc2ccc(C)c(C)c2)C1. The number of hydrogen-bond acceptors (Lipinski definition) is 4. The fraction of sp³-hybridized carbons (Fsp3) is 0.579. The Balaban J connectivity index is 1.78. The number of likely N-dealkylation sites (tertiary alicyclic amines) is 1. The average Bonchev–Trinajstić information content (AvgIpc) is 2.57. The minimum absolute atomic E-state index is 0.0107. The summed E-state index contributed by atoms with van der Waals surface area (Å²) in [6.45, 7) is 8.64. The highest BCUT2D eigenvalue weighted by Gasteiger charge is 2.26. The van der Waals surface area contributed by atoms with E-state index in [2.05, 4.69) is 17.1 Å². The summed E-state index contributed by atoms with van der Waals surface area (Å²) in [7, 11) is 0. The Morgan fingerprint density at radius 1 is 1.29 bits per heavy atom. The zero-order chi connectivity index (χ0) is 17.5. The molecule has 5 nitrogen and oxygen atoms in total. The van der Waals surface area contributed by atoms with Crippen LogP contribution in [0.2, 0.25) is 0 Å². The highest BCUT2D eigenvalue weighted by atomic mass is 16.5. The Hall–Kier alpha value is -1.88. The van der Waals surface area contributed by atoms with Gasteiger partial charge in [0.25, 0.3) is 0 Å². The van der Waals surface area contributed by atoms with Gasteiger partial charge in [0.2, 0.25) is 5.91 Å². The highest BCUT2D eigenvalue weighted by Crippen LogP contribution is 2.18. The van der Waals surface area contributed by atoms with Crippen molar-refractivity contribution < 1.29 is 14.3 Å². The summed E-state index contributed by atoms with van der Waals surface area (Å²) in [6, 6.07) is 5.93. The average molecular weight is 332 g/mol. The summed E-state index contributed by atoms with van der Waals surface area (Å²) in [5.41, 5.74) is 3.22. The second-order valence-electron chi connectivity index (χ2n) is 6.49. The Labute approximate surface area is 144 Å². The number of carbonyl (C=O) groups excluding carboxylic acids is 2. The first-order valence-electron chi connectivity index (χ1n) is 8.75. The van der Waals surface area contributed by atoms with Crippen LogP contribution in [0, 0.1) is 19.8 Å². The molecule has 5 heteroatoms. The molecule has 1 heterocycles. The molecular formula is C19H28N2O3. The van der Waals surface area contributed by atoms with Gasteiger partial charge >= 0.3 is 5.97 Å². The van der Waals surface area contributed by atoms with Gasteiger partial charge in [0.05, 0.1) is 12.5 Å². The van der Waals surface area contributed by atoms with Gasteiger partial charge in [-0.2, -0.15) is 0 Å². The summed E-state index contributed by atoms with van der Waals surface area (Å²) in [6.07, 6.45) is 2.29. The molecule has 0 bridgehead atoms. The highest BCUT2D eigenvalue weighted by molar-refractivity contribution is 5.90. The molecule has 1 fully saturated rings. The van der Waals surface area contributed by atoms with E-state index >= 15 is 0 Å². The van der Waals surface area contributed by atoms with Gasteiger partial charge in [-0.3, -0.25) is 9.59 Å². The number of nitrogens with zero attached hydrogens (tertiary/aromatic N) is 1. The predicted octanol–water partition coefficient (Wildman–Crippen LogP) is 2.91. The maximum atomic E-state index is 12.1. The topological polar surface area (TPSA) is 58.6 Å². The van der Waals surface area contributed by atoms with Gasteiger partial charge in [0.15, 0.2) is 0 Å². The van der Waals surface area contributed by atoms with E-state index in [1.165, 1.54) is 11.1 Å². The second kappa shape index (κ2) is 8.83. The van der Waals surface area contributed by atoms with Crippen molar-refractivity contribution in [3.8, 4) is 0 Å². The maximum absolute atomic E-state index is 12.1. The minimum Gasteiger partial charge on any atom is -0.466 e. The normalized spacial score (nSPS) is 18.2. The number of rotatable bonds is 6. The molecule has 0 spiro atoms. The zero-order valence-electron chi connectivity index (χ0n) is 14.9. The number of anilines is 1. The van der Waals surface area contributed by atoms with Crippen LogP contribution in [0.5, 0.6) is 0 Å². The van der Waals surface area contributed by atoms with Crippen molar-refractivity contribution in [3.05, 3.63) is 29.3 Å². The van der Waals surface area contributed by atoms with Crippen molar-refractivity contribution in [1.82, 2.24) is 4.90 Å². The first-order chi connectivity index (χ1) is 11.5. The largest absolute Gasteiger partial charge is 0.466 e. The Morgan fingerprint density at radius 2 is 2.08 bits per heavy atom. The molecule has 132 valence electrons. The quantitative estimate of drug-likeness (QED) is 0.814. The fourth-order valence-corrected chi connectivity index (χ4v) is 3.01. The molecule has 1 saturated heterocycles. The lowest BCUT2D eigenvalue weighted by molar-refractivity contribution is -0.149. The number of nitrogens with one attached hydrogen (secondary N) is 1. The number of ether oxygens (including phenoxy) is 1. The Kier molecular flexibility index (Phi) is 6.79. The number of hydrogen-bond donors (Lipinski definition) is 1. The molecule has 0 aliphatic carbocycles. The van der Waals surface area contributed by atoms with Gasteiger partial charge in [0, 0.05) is 25.2 Å². The first kappa shape index (κ1) is 18.5. The summed E-state index contributed by atoms with van der Waals surface area (Å²) in [5.74, 6) is -0.153. The van der Waals surface area contributed by atoms with Gasteiger partial charge in [-0.25, -0.2) is 0 Å². The first-order valence-corrected chi connectivity index (χ1v) is 8.75. The summed E-state index contributed by atoms with van der Waals surface area (Å²) < 4.78 is 5.11. The molecule has 1 atom stereocenters. The lowest BCUT2D eigenvalue weighted by atomic mass is 9.98. The van der Waals surface area contributed by atoms with Crippen molar-refractivity contribution in [2.24, 2.45) is 5.92 Å².